The van der Waals surface area contributed by atoms with Crippen molar-refractivity contribution in [2.24, 2.45) is 0 Å². The Morgan fingerprint density at radius 3 is 1.75 bits per heavy atom. The second kappa shape index (κ2) is 8.53. The Hall–Kier alpha value is 0.117. The second-order valence-electron chi connectivity index (χ2n) is 6.16. The summed E-state index contributed by atoms with van der Waals surface area (Å²) in [5, 5.41) is 0. The lowest BCUT2D eigenvalue weighted by Gasteiger charge is -2.36. The van der Waals surface area contributed by atoms with Crippen LogP contribution in [0.3, 0.4) is 0 Å². The van der Waals surface area contributed by atoms with Crippen LogP contribution in [0, 0.1) is 0 Å². The van der Waals surface area contributed by atoms with Gasteiger partial charge in [0.15, 0.2) is 14.2 Å². The summed E-state index contributed by atoms with van der Waals surface area (Å²) in [4.78, 5) is 0. The van der Waals surface area contributed by atoms with E-state index in [0.29, 0.717) is 5.85 Å². The van der Waals surface area contributed by atoms with Crippen molar-refractivity contribution in [1.29, 1.82) is 0 Å². The molecule has 1 atom stereocenters. The van der Waals surface area contributed by atoms with Crippen molar-refractivity contribution in [2.45, 2.75) is 46.3 Å². The first-order valence-corrected chi connectivity index (χ1v) is 13.3. The van der Waals surface area contributed by atoms with Crippen LogP contribution in [0.5, 0.6) is 0 Å². The molecule has 0 saturated carbocycles. The summed E-state index contributed by atoms with van der Waals surface area (Å²) in [6.07, 6.45) is 3.85. The summed E-state index contributed by atoms with van der Waals surface area (Å²) in [5.74, 6) is 0.348. The van der Waals surface area contributed by atoms with E-state index in [4.69, 9.17) is 4.43 Å². The van der Waals surface area contributed by atoms with E-state index in [2.05, 4.69) is 70.7 Å². The van der Waals surface area contributed by atoms with Crippen molar-refractivity contribution in [3.05, 3.63) is 35.9 Å². The number of benzene rings is 1. The SMILES string of the molecule is CC[P+](CC)(CC)C(O[Si](C)(C)C)c1ccccc1.[Cl-]. The minimum absolute atomic E-state index is 0. The van der Waals surface area contributed by atoms with Gasteiger partial charge in [0, 0.05) is 12.8 Å². The fraction of sp³-hybridized carbons (Fsp3) is 0.625. The molecular formula is C16H30ClOPSi. The zero-order valence-corrected chi connectivity index (χ0v) is 16.5. The molecule has 0 aliphatic carbocycles. The maximum absolute atomic E-state index is 6.65. The Balaban J connectivity index is 0.00000361. The third kappa shape index (κ3) is 5.15. The molecule has 0 saturated heterocycles. The smallest absolute Gasteiger partial charge is 0.189 e. The summed E-state index contributed by atoms with van der Waals surface area (Å²) >= 11 is 0. The van der Waals surface area contributed by atoms with Gasteiger partial charge in [-0.2, -0.15) is 0 Å². The van der Waals surface area contributed by atoms with Crippen molar-refractivity contribution in [2.75, 3.05) is 18.5 Å². The van der Waals surface area contributed by atoms with Gasteiger partial charge in [-0.05, 0) is 40.4 Å². The molecule has 0 heterocycles. The van der Waals surface area contributed by atoms with E-state index >= 15 is 0 Å². The summed E-state index contributed by atoms with van der Waals surface area (Å²) in [6.45, 7) is 14.0. The minimum Gasteiger partial charge on any atom is -1.00 e. The molecule has 0 aromatic heterocycles. The first kappa shape index (κ1) is 20.1. The molecule has 0 bridgehead atoms. The molecule has 0 fully saturated rings. The van der Waals surface area contributed by atoms with Gasteiger partial charge in [0.2, 0.25) is 0 Å². The highest BCUT2D eigenvalue weighted by atomic mass is 35.5. The summed E-state index contributed by atoms with van der Waals surface area (Å²) < 4.78 is 6.65. The van der Waals surface area contributed by atoms with Gasteiger partial charge in [0.05, 0.1) is 18.5 Å². The van der Waals surface area contributed by atoms with Crippen LogP contribution in [0.4, 0.5) is 0 Å². The molecule has 0 aliphatic rings. The van der Waals surface area contributed by atoms with E-state index in [1.54, 1.807) is 0 Å². The second-order valence-corrected chi connectivity index (χ2v) is 15.4. The Kier molecular flexibility index (Phi) is 8.58. The minimum atomic E-state index is -1.53. The Morgan fingerprint density at radius 2 is 1.40 bits per heavy atom. The molecule has 0 amide bonds. The predicted octanol–water partition coefficient (Wildman–Crippen LogP) is 2.62. The van der Waals surface area contributed by atoms with Gasteiger partial charge in [0.25, 0.3) is 0 Å². The highest BCUT2D eigenvalue weighted by Gasteiger charge is 2.44. The topological polar surface area (TPSA) is 9.23 Å². The van der Waals surface area contributed by atoms with Gasteiger partial charge in [-0.1, -0.05) is 30.3 Å². The molecule has 116 valence electrons. The lowest BCUT2D eigenvalue weighted by molar-refractivity contribution is -0.00000534. The molecule has 20 heavy (non-hydrogen) atoms. The molecule has 1 nitrogen and oxygen atoms in total. The lowest BCUT2D eigenvalue weighted by atomic mass is 10.2. The highest BCUT2D eigenvalue weighted by molar-refractivity contribution is 7.76. The van der Waals surface area contributed by atoms with Crippen LogP contribution in [0.1, 0.15) is 32.2 Å². The number of hydrogen-bond acceptors (Lipinski definition) is 1. The van der Waals surface area contributed by atoms with Crippen LogP contribution in [-0.2, 0) is 4.43 Å². The zero-order valence-electron chi connectivity index (χ0n) is 13.8. The summed E-state index contributed by atoms with van der Waals surface area (Å²) in [7, 11) is -2.59. The quantitative estimate of drug-likeness (QED) is 0.551. The molecule has 0 spiro atoms. The van der Waals surface area contributed by atoms with Crippen molar-refractivity contribution in [1.82, 2.24) is 0 Å². The molecule has 4 heteroatoms. The average Bonchev–Trinajstić information content (AvgIpc) is 2.40. The third-order valence-electron chi connectivity index (χ3n) is 3.94. The van der Waals surface area contributed by atoms with E-state index in [0.717, 1.165) is 0 Å². The van der Waals surface area contributed by atoms with Crippen LogP contribution in [0.2, 0.25) is 19.6 Å². The summed E-state index contributed by atoms with van der Waals surface area (Å²) in [6, 6.07) is 10.9. The standard InChI is InChI=1S/C16H30OPSi.ClH/c1-7-18(8-2,9-3)16(17-19(4,5)6)15-13-11-10-12-14-15;/h10-14,16H,7-9H2,1-6H3;1H/q+1;/p-1. The Labute approximate surface area is 133 Å². The largest absolute Gasteiger partial charge is 1.00 e. The van der Waals surface area contributed by atoms with E-state index < -0.39 is 15.6 Å². The van der Waals surface area contributed by atoms with Crippen LogP contribution in [0.15, 0.2) is 30.3 Å². The molecular weight excluding hydrogens is 303 g/mol. The van der Waals surface area contributed by atoms with Crippen molar-refractivity contribution < 1.29 is 16.8 Å². The lowest BCUT2D eigenvalue weighted by Crippen LogP contribution is -3.00. The molecule has 1 rings (SSSR count). The van der Waals surface area contributed by atoms with Gasteiger partial charge >= 0.3 is 0 Å². The van der Waals surface area contributed by atoms with Gasteiger partial charge < -0.3 is 16.8 Å². The molecule has 1 aromatic carbocycles. The monoisotopic (exact) mass is 332 g/mol. The van der Waals surface area contributed by atoms with Crippen LogP contribution < -0.4 is 12.4 Å². The molecule has 0 N–H and O–H groups in total. The van der Waals surface area contributed by atoms with Crippen molar-refractivity contribution >= 4 is 15.6 Å². The first-order valence-electron chi connectivity index (χ1n) is 7.47. The zero-order chi connectivity index (χ0) is 14.5. The van der Waals surface area contributed by atoms with Gasteiger partial charge in [-0.3, -0.25) is 0 Å². The number of hydrogen-bond donors (Lipinski definition) is 0. The van der Waals surface area contributed by atoms with E-state index in [9.17, 15) is 0 Å². The Bertz CT molecular complexity index is 366. The maximum Gasteiger partial charge on any atom is 0.189 e. The van der Waals surface area contributed by atoms with Crippen LogP contribution >= 0.6 is 7.26 Å². The highest BCUT2D eigenvalue weighted by Crippen LogP contribution is 2.69. The van der Waals surface area contributed by atoms with Crippen molar-refractivity contribution in [3.63, 3.8) is 0 Å². The van der Waals surface area contributed by atoms with Gasteiger partial charge in [-0.25, -0.2) is 0 Å². The molecule has 1 aromatic rings. The number of rotatable bonds is 7. The Morgan fingerprint density at radius 1 is 0.950 bits per heavy atom. The third-order valence-corrected chi connectivity index (χ3v) is 10.3. The summed E-state index contributed by atoms with van der Waals surface area (Å²) in [5.41, 5.74) is 1.39. The predicted molar refractivity (Wildman–Crippen MR) is 92.2 cm³/mol. The van der Waals surface area contributed by atoms with E-state index in [-0.39, 0.29) is 12.4 Å². The first-order chi connectivity index (χ1) is 8.88. The van der Waals surface area contributed by atoms with Gasteiger partial charge in [0.1, 0.15) is 0 Å². The van der Waals surface area contributed by atoms with Crippen LogP contribution in [-0.4, -0.2) is 26.8 Å². The number of halogens is 1. The van der Waals surface area contributed by atoms with Gasteiger partial charge in [-0.15, -0.1) is 0 Å². The molecule has 1 unspecified atom stereocenters. The maximum atomic E-state index is 6.65. The van der Waals surface area contributed by atoms with E-state index in [1.807, 2.05) is 0 Å². The van der Waals surface area contributed by atoms with E-state index in [1.165, 1.54) is 24.0 Å². The fourth-order valence-electron chi connectivity index (χ4n) is 2.62. The normalized spacial score (nSPS) is 13.7. The average molecular weight is 333 g/mol. The molecule has 0 radical (unpaired) electrons. The van der Waals surface area contributed by atoms with Crippen LogP contribution in [0.25, 0.3) is 0 Å². The fourth-order valence-corrected chi connectivity index (χ4v) is 8.41. The molecule has 0 aliphatic heterocycles. The van der Waals surface area contributed by atoms with Crippen molar-refractivity contribution in [3.8, 4) is 0 Å².